The number of carboxylic acid groups (broad SMARTS) is 2. The molecular formula is C9H8I3NO4. The molecule has 0 fully saturated rings. The molecule has 0 saturated carbocycles. The van der Waals surface area contributed by atoms with E-state index in [4.69, 9.17) is 5.11 Å². The van der Waals surface area contributed by atoms with Gasteiger partial charge >= 0.3 is 11.9 Å². The van der Waals surface area contributed by atoms with Crippen LogP contribution in [0, 0.1) is 0 Å². The fourth-order valence-electron chi connectivity index (χ4n) is 1.54. The zero-order valence-corrected chi connectivity index (χ0v) is 15.0. The van der Waals surface area contributed by atoms with Crippen LogP contribution in [0.1, 0.15) is 0 Å². The van der Waals surface area contributed by atoms with E-state index < -0.39 is 21.4 Å². The molecule has 0 aromatic rings. The maximum atomic E-state index is 11.5. The number of hydrogen-bond acceptors (Lipinski definition) is 3. The van der Waals surface area contributed by atoms with E-state index in [0.29, 0.717) is 7.16 Å². The molecule has 1 aliphatic carbocycles. The molecule has 5 nitrogen and oxygen atoms in total. The lowest BCUT2D eigenvalue weighted by Crippen LogP contribution is -2.59. The zero-order chi connectivity index (χ0) is 13.4. The third-order valence-corrected chi connectivity index (χ3v) is 6.09. The van der Waals surface area contributed by atoms with Crippen molar-refractivity contribution in [1.82, 2.24) is 5.32 Å². The van der Waals surface area contributed by atoms with Crippen molar-refractivity contribution in [3.8, 4) is 0 Å². The Kier molecular flexibility index (Phi) is 5.23. The average molecular weight is 575 g/mol. The largest absolute Gasteiger partial charge is 0.480 e. The highest BCUT2D eigenvalue weighted by Gasteiger charge is 2.51. The smallest absolute Gasteiger partial charge is 0.333 e. The van der Waals surface area contributed by atoms with Gasteiger partial charge in [-0.25, -0.2) is 9.59 Å². The van der Waals surface area contributed by atoms with Crippen LogP contribution in [0.25, 0.3) is 0 Å². The Bertz CT molecular complexity index is 446. The van der Waals surface area contributed by atoms with Crippen LogP contribution in [0.4, 0.5) is 0 Å². The van der Waals surface area contributed by atoms with Crippen molar-refractivity contribution in [2.45, 2.75) is 9.46 Å². The fourth-order valence-corrected chi connectivity index (χ4v) is 6.82. The number of nitrogens with one attached hydrogen (secondary N) is 1. The SMILES string of the molecule is CNC1(C(=O)O)C(I)=CC(I)=C(C(=O)O)C1I. The highest BCUT2D eigenvalue weighted by molar-refractivity contribution is 14.1. The molecule has 0 aromatic carbocycles. The summed E-state index contributed by atoms with van der Waals surface area (Å²) < 4.78 is 0.453. The normalized spacial score (nSPS) is 28.9. The van der Waals surface area contributed by atoms with Crippen LogP contribution in [0.5, 0.6) is 0 Å². The number of allylic oxidation sites excluding steroid dienone is 2. The minimum absolute atomic E-state index is 0.114. The standard InChI is InChI=1S/C9H8I3NO4/c1-13-9(8(16)17)4(11)2-3(10)5(6(9)12)7(14)15/h2,6,13H,1H3,(H,14,15)(H,16,17). The van der Waals surface area contributed by atoms with E-state index in [1.54, 1.807) is 6.08 Å². The predicted molar refractivity (Wildman–Crippen MR) is 88.0 cm³/mol. The number of likely N-dealkylation sites (N-methyl/N-ethyl adjacent to an activating group) is 1. The lowest BCUT2D eigenvalue weighted by molar-refractivity contribution is -0.142. The number of carbonyl (C=O) groups is 2. The second-order valence-electron chi connectivity index (χ2n) is 3.28. The molecule has 8 heteroatoms. The molecule has 0 radical (unpaired) electrons. The van der Waals surface area contributed by atoms with Crippen molar-refractivity contribution < 1.29 is 19.8 Å². The van der Waals surface area contributed by atoms with E-state index in [2.05, 4.69) is 5.32 Å². The number of rotatable bonds is 3. The molecule has 3 N–H and O–H groups in total. The van der Waals surface area contributed by atoms with Crippen LogP contribution in [-0.4, -0.2) is 38.7 Å². The van der Waals surface area contributed by atoms with Gasteiger partial charge in [0.15, 0.2) is 5.54 Å². The Balaban J connectivity index is 3.47. The van der Waals surface area contributed by atoms with E-state index >= 15 is 0 Å². The first-order valence-corrected chi connectivity index (χ1v) is 7.76. The van der Waals surface area contributed by atoms with Crippen LogP contribution in [0.3, 0.4) is 0 Å². The van der Waals surface area contributed by atoms with Crippen molar-refractivity contribution in [1.29, 1.82) is 0 Å². The Morgan fingerprint density at radius 1 is 1.41 bits per heavy atom. The summed E-state index contributed by atoms with van der Waals surface area (Å²) in [6.45, 7) is 0. The van der Waals surface area contributed by atoms with Crippen LogP contribution in [0.15, 0.2) is 18.8 Å². The van der Waals surface area contributed by atoms with Crippen molar-refractivity contribution in [2.75, 3.05) is 7.05 Å². The monoisotopic (exact) mass is 575 g/mol. The van der Waals surface area contributed by atoms with Crippen molar-refractivity contribution >= 4 is 79.7 Å². The van der Waals surface area contributed by atoms with Gasteiger partial charge < -0.3 is 10.2 Å². The van der Waals surface area contributed by atoms with Gasteiger partial charge in [0.2, 0.25) is 0 Å². The quantitative estimate of drug-likeness (QED) is 0.354. The van der Waals surface area contributed by atoms with Gasteiger partial charge in [-0.1, -0.05) is 22.6 Å². The van der Waals surface area contributed by atoms with Gasteiger partial charge in [0.25, 0.3) is 0 Å². The molecule has 0 heterocycles. The third kappa shape index (κ3) is 2.49. The maximum absolute atomic E-state index is 11.5. The second kappa shape index (κ2) is 5.69. The molecule has 0 amide bonds. The third-order valence-electron chi connectivity index (χ3n) is 2.48. The van der Waals surface area contributed by atoms with Gasteiger partial charge in [-0.2, -0.15) is 0 Å². The second-order valence-corrected chi connectivity index (χ2v) is 6.85. The topological polar surface area (TPSA) is 86.6 Å². The summed E-state index contributed by atoms with van der Waals surface area (Å²) in [5, 5.41) is 21.3. The zero-order valence-electron chi connectivity index (χ0n) is 8.50. The average Bonchev–Trinajstić information content (AvgIpc) is 2.16. The van der Waals surface area contributed by atoms with Gasteiger partial charge in [0.1, 0.15) is 0 Å². The van der Waals surface area contributed by atoms with Crippen LogP contribution in [-0.2, 0) is 9.59 Å². The fraction of sp³-hybridized carbons (Fsp3) is 0.333. The first kappa shape index (κ1) is 15.6. The summed E-state index contributed by atoms with van der Waals surface area (Å²) in [5.74, 6) is -2.17. The molecule has 94 valence electrons. The van der Waals surface area contributed by atoms with Crippen molar-refractivity contribution in [3.63, 3.8) is 0 Å². The van der Waals surface area contributed by atoms with Gasteiger partial charge in [-0.05, 0) is 58.3 Å². The predicted octanol–water partition coefficient (Wildman–Crippen LogP) is 1.94. The van der Waals surface area contributed by atoms with Crippen LogP contribution >= 0.6 is 67.8 Å². The Labute approximate surface area is 139 Å². The van der Waals surface area contributed by atoms with Crippen molar-refractivity contribution in [3.05, 3.63) is 18.8 Å². The van der Waals surface area contributed by atoms with E-state index in [9.17, 15) is 14.7 Å². The summed E-state index contributed by atoms with van der Waals surface area (Å²) in [4.78, 5) is 22.7. The summed E-state index contributed by atoms with van der Waals surface area (Å²) in [6, 6.07) is 0. The van der Waals surface area contributed by atoms with E-state index in [0.717, 1.165) is 0 Å². The van der Waals surface area contributed by atoms with Gasteiger partial charge in [-0.15, -0.1) is 0 Å². The number of hydrogen-bond donors (Lipinski definition) is 3. The summed E-state index contributed by atoms with van der Waals surface area (Å²) >= 11 is 5.71. The Morgan fingerprint density at radius 3 is 2.29 bits per heavy atom. The lowest BCUT2D eigenvalue weighted by atomic mass is 9.86. The Morgan fingerprint density at radius 2 is 1.94 bits per heavy atom. The first-order chi connectivity index (χ1) is 7.78. The molecular weight excluding hydrogens is 567 g/mol. The number of alkyl halides is 1. The molecule has 2 atom stereocenters. The van der Waals surface area contributed by atoms with Crippen molar-refractivity contribution in [2.24, 2.45) is 0 Å². The molecule has 17 heavy (non-hydrogen) atoms. The summed E-state index contributed by atoms with van der Waals surface area (Å²) in [6.07, 6.45) is 1.59. The van der Waals surface area contributed by atoms with Gasteiger partial charge in [0, 0.05) is 7.16 Å². The minimum atomic E-state index is -1.37. The lowest BCUT2D eigenvalue weighted by Gasteiger charge is -2.37. The van der Waals surface area contributed by atoms with Gasteiger partial charge in [0.05, 0.1) is 9.50 Å². The number of carboxylic acids is 2. The minimum Gasteiger partial charge on any atom is -0.480 e. The Hall–Kier alpha value is 0.570. The molecule has 1 rings (SSSR count). The van der Waals surface area contributed by atoms with Crippen LogP contribution < -0.4 is 5.32 Å². The van der Waals surface area contributed by atoms with Gasteiger partial charge in [-0.3, -0.25) is 5.32 Å². The summed E-state index contributed by atoms with van der Waals surface area (Å²) in [5.41, 5.74) is -1.26. The molecule has 0 aromatic heterocycles. The molecule has 0 spiro atoms. The van der Waals surface area contributed by atoms with E-state index in [-0.39, 0.29) is 5.57 Å². The molecule has 0 saturated heterocycles. The molecule has 0 aliphatic heterocycles. The summed E-state index contributed by atoms with van der Waals surface area (Å²) in [7, 11) is 1.52. The number of halogens is 3. The van der Waals surface area contributed by atoms with E-state index in [1.165, 1.54) is 7.05 Å². The first-order valence-electron chi connectivity index (χ1n) is 4.36. The maximum Gasteiger partial charge on any atom is 0.333 e. The highest BCUT2D eigenvalue weighted by atomic mass is 127. The molecule has 0 bridgehead atoms. The van der Waals surface area contributed by atoms with E-state index in [1.807, 2.05) is 67.8 Å². The molecule has 2 unspecified atom stereocenters. The molecule has 1 aliphatic rings. The number of aliphatic carboxylic acids is 2. The van der Waals surface area contributed by atoms with Crippen LogP contribution in [0.2, 0.25) is 0 Å². The highest BCUT2D eigenvalue weighted by Crippen LogP contribution is 2.43.